The lowest BCUT2D eigenvalue weighted by atomic mass is 10.1. The Morgan fingerprint density at radius 2 is 1.82 bits per heavy atom. The fourth-order valence-corrected chi connectivity index (χ4v) is 1.50. The largest absolute Gasteiger partial charge is 0.401 e. The van der Waals surface area contributed by atoms with Crippen molar-refractivity contribution in [3.8, 4) is 0 Å². The molecule has 0 heterocycles. The molecule has 0 aromatic heterocycles. The number of ether oxygens (including phenoxy) is 1. The first-order chi connectivity index (χ1) is 7.85. The highest BCUT2D eigenvalue weighted by molar-refractivity contribution is 6.18. The molecule has 0 atom stereocenters. The molecule has 104 valence electrons. The lowest BCUT2D eigenvalue weighted by Crippen LogP contribution is -2.37. The van der Waals surface area contributed by atoms with E-state index >= 15 is 0 Å². The normalized spacial score (nSPS) is 12.7. The summed E-state index contributed by atoms with van der Waals surface area (Å²) in [7, 11) is 0. The van der Waals surface area contributed by atoms with Gasteiger partial charge in [0, 0.05) is 25.6 Å². The first-order valence-electron chi connectivity index (χ1n) is 5.78. The van der Waals surface area contributed by atoms with Crippen molar-refractivity contribution in [2.45, 2.75) is 26.4 Å². The number of alkyl halides is 4. The lowest BCUT2D eigenvalue weighted by Gasteiger charge is -2.22. The van der Waals surface area contributed by atoms with Crippen LogP contribution in [0, 0.1) is 5.92 Å². The quantitative estimate of drug-likeness (QED) is 0.473. The zero-order valence-corrected chi connectivity index (χ0v) is 11.2. The maximum atomic E-state index is 12.2. The number of halogens is 4. The average molecular weight is 276 g/mol. The van der Waals surface area contributed by atoms with Gasteiger partial charge in [0.15, 0.2) is 0 Å². The Hall–Kier alpha value is -0.0000000000000000555. The fourth-order valence-electron chi connectivity index (χ4n) is 1.26. The summed E-state index contributed by atoms with van der Waals surface area (Å²) in [5.74, 6) is 0.742. The average Bonchev–Trinajstić information content (AvgIpc) is 2.14. The highest BCUT2D eigenvalue weighted by Gasteiger charge is 2.30. The minimum absolute atomic E-state index is 0.197. The SMILES string of the molecule is CC(C)CCOCCN(CCCl)CC(F)(F)F. The third-order valence-corrected chi connectivity index (χ3v) is 2.36. The zero-order valence-electron chi connectivity index (χ0n) is 10.4. The molecule has 0 aromatic carbocycles. The minimum Gasteiger partial charge on any atom is -0.380 e. The van der Waals surface area contributed by atoms with Gasteiger partial charge in [-0.15, -0.1) is 11.6 Å². The molecule has 0 aromatic rings. The summed E-state index contributed by atoms with van der Waals surface area (Å²) < 4.78 is 41.8. The molecular formula is C11H21ClF3NO. The van der Waals surface area contributed by atoms with Gasteiger partial charge in [0.1, 0.15) is 0 Å². The Kier molecular flexibility index (Phi) is 9.00. The van der Waals surface area contributed by atoms with Crippen LogP contribution >= 0.6 is 11.6 Å². The van der Waals surface area contributed by atoms with E-state index in [9.17, 15) is 13.2 Å². The Morgan fingerprint density at radius 3 is 2.29 bits per heavy atom. The Balaban J connectivity index is 3.70. The summed E-state index contributed by atoms with van der Waals surface area (Å²) in [5, 5.41) is 0. The maximum absolute atomic E-state index is 12.2. The zero-order chi connectivity index (χ0) is 13.3. The molecular weight excluding hydrogens is 255 g/mol. The van der Waals surface area contributed by atoms with Gasteiger partial charge in [0.2, 0.25) is 0 Å². The summed E-state index contributed by atoms with van der Waals surface area (Å²) in [6.07, 6.45) is -3.25. The van der Waals surface area contributed by atoms with Gasteiger partial charge in [-0.25, -0.2) is 0 Å². The molecule has 0 saturated heterocycles. The maximum Gasteiger partial charge on any atom is 0.401 e. The molecule has 0 radical (unpaired) electrons. The molecule has 0 fully saturated rings. The van der Waals surface area contributed by atoms with Crippen LogP contribution in [-0.2, 0) is 4.74 Å². The molecule has 6 heteroatoms. The van der Waals surface area contributed by atoms with Crippen LogP contribution in [0.15, 0.2) is 0 Å². The summed E-state index contributed by atoms with van der Waals surface area (Å²) in [6, 6.07) is 0. The van der Waals surface area contributed by atoms with Gasteiger partial charge in [-0.2, -0.15) is 13.2 Å². The van der Waals surface area contributed by atoms with Crippen LogP contribution in [-0.4, -0.2) is 49.8 Å². The number of hydrogen-bond acceptors (Lipinski definition) is 2. The summed E-state index contributed by atoms with van der Waals surface area (Å²) in [4.78, 5) is 1.27. The molecule has 0 aliphatic carbocycles. The Labute approximate surface area is 106 Å². The van der Waals surface area contributed by atoms with Crippen molar-refractivity contribution in [3.05, 3.63) is 0 Å². The molecule has 2 nitrogen and oxygen atoms in total. The monoisotopic (exact) mass is 275 g/mol. The third-order valence-electron chi connectivity index (χ3n) is 2.20. The predicted octanol–water partition coefficient (Wildman–Crippen LogP) is 3.15. The van der Waals surface area contributed by atoms with Crippen LogP contribution in [0.25, 0.3) is 0 Å². The lowest BCUT2D eigenvalue weighted by molar-refractivity contribution is -0.146. The van der Waals surface area contributed by atoms with E-state index in [0.29, 0.717) is 19.1 Å². The number of nitrogens with zero attached hydrogens (tertiary/aromatic N) is 1. The Morgan fingerprint density at radius 1 is 1.18 bits per heavy atom. The van der Waals surface area contributed by atoms with E-state index in [0.717, 1.165) is 6.42 Å². The number of rotatable bonds is 9. The molecule has 0 bridgehead atoms. The van der Waals surface area contributed by atoms with Crippen LogP contribution in [0.2, 0.25) is 0 Å². The van der Waals surface area contributed by atoms with E-state index < -0.39 is 12.7 Å². The van der Waals surface area contributed by atoms with Crippen molar-refractivity contribution in [2.75, 3.05) is 38.7 Å². The topological polar surface area (TPSA) is 12.5 Å². The summed E-state index contributed by atoms with van der Waals surface area (Å²) in [5.41, 5.74) is 0. The van der Waals surface area contributed by atoms with E-state index in [1.165, 1.54) is 4.90 Å². The molecule has 0 aliphatic rings. The molecule has 17 heavy (non-hydrogen) atoms. The number of hydrogen-bond donors (Lipinski definition) is 0. The summed E-state index contributed by atoms with van der Waals surface area (Å²) >= 11 is 5.46. The molecule has 0 N–H and O–H groups in total. The second-order valence-corrected chi connectivity index (χ2v) is 4.75. The standard InChI is InChI=1S/C11H21ClF3NO/c1-10(2)3-7-17-8-6-16(5-4-12)9-11(13,14)15/h10H,3-9H2,1-2H3. The first kappa shape index (κ1) is 17.0. The van der Waals surface area contributed by atoms with Gasteiger partial charge in [0.05, 0.1) is 13.2 Å². The van der Waals surface area contributed by atoms with Crippen molar-refractivity contribution in [1.29, 1.82) is 0 Å². The molecule has 0 rings (SSSR count). The third kappa shape index (κ3) is 12.2. The van der Waals surface area contributed by atoms with E-state index in [2.05, 4.69) is 13.8 Å². The van der Waals surface area contributed by atoms with Crippen LogP contribution in [0.5, 0.6) is 0 Å². The second kappa shape index (κ2) is 9.00. The van der Waals surface area contributed by atoms with E-state index in [1.54, 1.807) is 0 Å². The van der Waals surface area contributed by atoms with Gasteiger partial charge in [-0.1, -0.05) is 13.8 Å². The van der Waals surface area contributed by atoms with Crippen molar-refractivity contribution < 1.29 is 17.9 Å². The van der Waals surface area contributed by atoms with Gasteiger partial charge >= 0.3 is 6.18 Å². The first-order valence-corrected chi connectivity index (χ1v) is 6.31. The molecule has 0 aliphatic heterocycles. The fraction of sp³-hybridized carbons (Fsp3) is 1.00. The highest BCUT2D eigenvalue weighted by Crippen LogP contribution is 2.16. The van der Waals surface area contributed by atoms with Gasteiger partial charge < -0.3 is 4.74 Å². The van der Waals surface area contributed by atoms with Crippen LogP contribution < -0.4 is 0 Å². The van der Waals surface area contributed by atoms with Crippen LogP contribution in [0.1, 0.15) is 20.3 Å². The molecule has 0 spiro atoms. The smallest absolute Gasteiger partial charge is 0.380 e. The van der Waals surface area contributed by atoms with Crippen LogP contribution in [0.3, 0.4) is 0 Å². The molecule has 0 amide bonds. The predicted molar refractivity (Wildman–Crippen MR) is 63.5 cm³/mol. The van der Waals surface area contributed by atoms with Crippen molar-refractivity contribution in [3.63, 3.8) is 0 Å². The Bertz CT molecular complexity index is 188. The van der Waals surface area contributed by atoms with E-state index in [4.69, 9.17) is 16.3 Å². The second-order valence-electron chi connectivity index (χ2n) is 4.38. The van der Waals surface area contributed by atoms with E-state index in [1.807, 2.05) is 0 Å². The van der Waals surface area contributed by atoms with Crippen LogP contribution in [0.4, 0.5) is 13.2 Å². The summed E-state index contributed by atoms with van der Waals surface area (Å²) in [6.45, 7) is 4.64. The van der Waals surface area contributed by atoms with Gasteiger partial charge in [0.25, 0.3) is 0 Å². The van der Waals surface area contributed by atoms with E-state index in [-0.39, 0.29) is 19.0 Å². The minimum atomic E-state index is -4.18. The van der Waals surface area contributed by atoms with Gasteiger partial charge in [-0.05, 0) is 12.3 Å². The van der Waals surface area contributed by atoms with Crippen molar-refractivity contribution >= 4 is 11.6 Å². The van der Waals surface area contributed by atoms with Crippen molar-refractivity contribution in [1.82, 2.24) is 4.90 Å². The highest BCUT2D eigenvalue weighted by atomic mass is 35.5. The molecule has 0 saturated carbocycles. The van der Waals surface area contributed by atoms with Gasteiger partial charge in [-0.3, -0.25) is 4.90 Å². The molecule has 0 unspecified atom stereocenters. The van der Waals surface area contributed by atoms with Crippen molar-refractivity contribution in [2.24, 2.45) is 5.92 Å².